The zero-order valence-electron chi connectivity index (χ0n) is 19.4. The van der Waals surface area contributed by atoms with Crippen LogP contribution >= 0.6 is 24.0 Å². The molecule has 2 heterocycles. The first kappa shape index (κ1) is 24.9. The fraction of sp³-hybridized carbons (Fsp3) is 0.360. The molecule has 1 aliphatic rings. The van der Waals surface area contributed by atoms with E-state index in [1.54, 1.807) is 13.4 Å². The van der Waals surface area contributed by atoms with Crippen molar-refractivity contribution in [1.82, 2.24) is 15.6 Å². The molecule has 0 bridgehead atoms. The van der Waals surface area contributed by atoms with Gasteiger partial charge in [0.1, 0.15) is 17.7 Å². The van der Waals surface area contributed by atoms with E-state index in [1.165, 1.54) is 5.56 Å². The number of benzene rings is 2. The molecule has 2 N–H and O–H groups in total. The van der Waals surface area contributed by atoms with Gasteiger partial charge in [-0.15, -0.1) is 24.0 Å². The number of ether oxygens (including phenoxy) is 1. The number of oxazole rings is 1. The highest BCUT2D eigenvalue weighted by Gasteiger charge is 2.25. The van der Waals surface area contributed by atoms with E-state index in [9.17, 15) is 0 Å². The number of methoxy groups -OCH3 is 1. The summed E-state index contributed by atoms with van der Waals surface area (Å²) in [6.07, 6.45) is 2.71. The molecule has 0 aliphatic carbocycles. The lowest BCUT2D eigenvalue weighted by Crippen LogP contribution is -2.44. The molecule has 7 nitrogen and oxygen atoms in total. The summed E-state index contributed by atoms with van der Waals surface area (Å²) in [5.41, 5.74) is 4.12. The molecule has 2 aromatic carbocycles. The van der Waals surface area contributed by atoms with Gasteiger partial charge in [0.2, 0.25) is 5.89 Å². The third-order valence-corrected chi connectivity index (χ3v) is 5.55. The summed E-state index contributed by atoms with van der Waals surface area (Å²) in [4.78, 5) is 11.7. The van der Waals surface area contributed by atoms with E-state index in [2.05, 4.69) is 52.6 Å². The van der Waals surface area contributed by atoms with E-state index < -0.39 is 0 Å². The van der Waals surface area contributed by atoms with Crippen LogP contribution in [0.1, 0.15) is 24.6 Å². The van der Waals surface area contributed by atoms with Crippen molar-refractivity contribution >= 4 is 35.6 Å². The van der Waals surface area contributed by atoms with Gasteiger partial charge in [-0.05, 0) is 44.5 Å². The van der Waals surface area contributed by atoms with Crippen LogP contribution in [0.4, 0.5) is 5.69 Å². The van der Waals surface area contributed by atoms with Crippen molar-refractivity contribution in [1.29, 1.82) is 0 Å². The fourth-order valence-electron chi connectivity index (χ4n) is 3.87. The Balaban J connectivity index is 0.00000306. The Labute approximate surface area is 212 Å². The van der Waals surface area contributed by atoms with Gasteiger partial charge in [0.25, 0.3) is 0 Å². The van der Waals surface area contributed by atoms with Gasteiger partial charge in [0.05, 0.1) is 19.3 Å². The van der Waals surface area contributed by atoms with Crippen molar-refractivity contribution in [2.45, 2.75) is 32.9 Å². The number of hydrogen-bond donors (Lipinski definition) is 2. The molecule has 1 aromatic heterocycles. The number of guanidine groups is 1. The van der Waals surface area contributed by atoms with Crippen molar-refractivity contribution in [2.75, 3.05) is 31.6 Å². The minimum atomic E-state index is 0. The molecule has 0 amide bonds. The third kappa shape index (κ3) is 6.40. The molecule has 0 saturated carbocycles. The van der Waals surface area contributed by atoms with Crippen LogP contribution < -0.4 is 20.3 Å². The van der Waals surface area contributed by atoms with Crippen molar-refractivity contribution in [3.8, 4) is 17.2 Å². The lowest BCUT2D eigenvalue weighted by atomic mass is 10.1. The average Bonchev–Trinajstić information content (AvgIpc) is 3.48. The molecule has 0 spiro atoms. The maximum absolute atomic E-state index is 5.66. The van der Waals surface area contributed by atoms with Gasteiger partial charge in [-0.2, -0.15) is 0 Å². The Kier molecular flexibility index (Phi) is 8.99. The van der Waals surface area contributed by atoms with Crippen molar-refractivity contribution in [2.24, 2.45) is 4.99 Å². The lowest BCUT2D eigenvalue weighted by Gasteiger charge is -2.22. The van der Waals surface area contributed by atoms with E-state index in [0.717, 1.165) is 54.7 Å². The molecular formula is C25H32IN5O2. The van der Waals surface area contributed by atoms with Crippen molar-refractivity contribution in [3.05, 3.63) is 66.1 Å². The maximum atomic E-state index is 5.66. The van der Waals surface area contributed by atoms with Gasteiger partial charge in [0, 0.05) is 31.2 Å². The highest BCUT2D eigenvalue weighted by atomic mass is 127. The largest absolute Gasteiger partial charge is 0.495 e. The average molecular weight is 561 g/mol. The van der Waals surface area contributed by atoms with Crippen LogP contribution in [0.25, 0.3) is 11.5 Å². The molecule has 33 heavy (non-hydrogen) atoms. The van der Waals surface area contributed by atoms with Gasteiger partial charge in [-0.3, -0.25) is 0 Å². The normalized spacial score (nSPS) is 15.8. The number of hydrogen-bond acceptors (Lipinski definition) is 5. The molecule has 8 heteroatoms. The molecule has 1 unspecified atom stereocenters. The molecule has 1 aliphatic heterocycles. The molecule has 176 valence electrons. The van der Waals surface area contributed by atoms with Gasteiger partial charge in [-0.25, -0.2) is 9.98 Å². The van der Waals surface area contributed by atoms with Crippen molar-refractivity contribution < 1.29 is 9.15 Å². The quantitative estimate of drug-likeness (QED) is 0.250. The molecule has 1 saturated heterocycles. The van der Waals surface area contributed by atoms with E-state index >= 15 is 0 Å². The SMILES string of the molecule is CCNC(=NCc1coc(-c2ccc(C)cc2)n1)NC1CCN(c2ccccc2OC)C1.I. The molecule has 1 fully saturated rings. The summed E-state index contributed by atoms with van der Waals surface area (Å²) in [6.45, 7) is 7.25. The predicted molar refractivity (Wildman–Crippen MR) is 144 cm³/mol. The number of aliphatic imine (C=N–C) groups is 1. The van der Waals surface area contributed by atoms with Gasteiger partial charge >= 0.3 is 0 Å². The number of aromatic nitrogens is 1. The topological polar surface area (TPSA) is 74.9 Å². The number of nitrogens with zero attached hydrogens (tertiary/aromatic N) is 3. The Morgan fingerprint density at radius 2 is 2.00 bits per heavy atom. The Morgan fingerprint density at radius 3 is 2.76 bits per heavy atom. The third-order valence-electron chi connectivity index (χ3n) is 5.55. The maximum Gasteiger partial charge on any atom is 0.226 e. The molecule has 4 rings (SSSR count). The second kappa shape index (κ2) is 11.9. The fourth-order valence-corrected chi connectivity index (χ4v) is 3.87. The number of aryl methyl sites for hydroxylation is 1. The second-order valence-electron chi connectivity index (χ2n) is 7.95. The molecule has 0 radical (unpaired) electrons. The molecule has 3 aromatic rings. The minimum Gasteiger partial charge on any atom is -0.495 e. The lowest BCUT2D eigenvalue weighted by molar-refractivity contribution is 0.415. The van der Waals surface area contributed by atoms with Crippen LogP contribution in [-0.2, 0) is 6.54 Å². The summed E-state index contributed by atoms with van der Waals surface area (Å²) in [6, 6.07) is 16.6. The van der Waals surface area contributed by atoms with Crippen LogP contribution in [0.15, 0.2) is 64.2 Å². The second-order valence-corrected chi connectivity index (χ2v) is 7.95. The highest BCUT2D eigenvalue weighted by Crippen LogP contribution is 2.30. The van der Waals surface area contributed by atoms with Gasteiger partial charge < -0.3 is 24.7 Å². The first-order valence-electron chi connectivity index (χ1n) is 11.1. The number of para-hydroxylation sites is 2. The monoisotopic (exact) mass is 561 g/mol. The zero-order chi connectivity index (χ0) is 22.3. The smallest absolute Gasteiger partial charge is 0.226 e. The Bertz CT molecular complexity index is 1050. The molecule has 1 atom stereocenters. The van der Waals surface area contributed by atoms with E-state index in [-0.39, 0.29) is 24.0 Å². The van der Waals surface area contributed by atoms with E-state index in [1.807, 2.05) is 30.3 Å². The summed E-state index contributed by atoms with van der Waals surface area (Å²) < 4.78 is 11.2. The minimum absolute atomic E-state index is 0. The van der Waals surface area contributed by atoms with Crippen LogP contribution in [0, 0.1) is 6.92 Å². The number of nitrogens with one attached hydrogen (secondary N) is 2. The van der Waals surface area contributed by atoms with Crippen LogP contribution in [0.2, 0.25) is 0 Å². The van der Waals surface area contributed by atoms with Gasteiger partial charge in [-0.1, -0.05) is 29.8 Å². The summed E-state index contributed by atoms with van der Waals surface area (Å²) >= 11 is 0. The van der Waals surface area contributed by atoms with Gasteiger partial charge in [0.15, 0.2) is 5.96 Å². The standard InChI is InChI=1S/C25H31N5O2.HI/c1-4-26-25(27-15-21-17-32-24(28-21)19-11-9-18(2)10-12-19)29-20-13-14-30(16-20)22-7-5-6-8-23(22)31-3;/h5-12,17,20H,4,13-16H2,1-3H3,(H2,26,27,29);1H. The highest BCUT2D eigenvalue weighted by molar-refractivity contribution is 14.0. The summed E-state index contributed by atoms with van der Waals surface area (Å²) in [5, 5.41) is 6.91. The number of anilines is 1. The number of halogens is 1. The zero-order valence-corrected chi connectivity index (χ0v) is 21.7. The predicted octanol–water partition coefficient (Wildman–Crippen LogP) is 4.61. The van der Waals surface area contributed by atoms with E-state index in [0.29, 0.717) is 18.5 Å². The molecular weight excluding hydrogens is 529 g/mol. The Hall–Kier alpha value is -2.75. The Morgan fingerprint density at radius 1 is 1.21 bits per heavy atom. The van der Waals surface area contributed by atoms with Crippen LogP contribution in [0.3, 0.4) is 0 Å². The first-order valence-corrected chi connectivity index (χ1v) is 11.1. The van der Waals surface area contributed by atoms with Crippen molar-refractivity contribution in [3.63, 3.8) is 0 Å². The summed E-state index contributed by atoms with van der Waals surface area (Å²) in [7, 11) is 1.72. The van der Waals surface area contributed by atoms with E-state index in [4.69, 9.17) is 14.1 Å². The first-order chi connectivity index (χ1) is 15.7. The number of rotatable bonds is 7. The summed E-state index contributed by atoms with van der Waals surface area (Å²) in [5.74, 6) is 2.32. The van der Waals surface area contributed by atoms with Crippen LogP contribution in [0.5, 0.6) is 5.75 Å². The van der Waals surface area contributed by atoms with Crippen LogP contribution in [-0.4, -0.2) is 43.7 Å².